The molecule has 0 N–H and O–H groups in total. The van der Waals surface area contributed by atoms with Gasteiger partial charge in [0.1, 0.15) is 6.10 Å². The zero-order valence-corrected chi connectivity index (χ0v) is 23.8. The fourth-order valence-corrected chi connectivity index (χ4v) is 6.18. The maximum atomic E-state index is 14.9. The van der Waals surface area contributed by atoms with Crippen LogP contribution in [0, 0.1) is 29.2 Å². The number of benzene rings is 2. The van der Waals surface area contributed by atoms with Gasteiger partial charge in [0.05, 0.1) is 12.2 Å². The smallest absolute Gasteiger partial charge is 0.341 e. The number of hydrogen-bond donors (Lipinski definition) is 0. The van der Waals surface area contributed by atoms with Crippen LogP contribution in [0.3, 0.4) is 0 Å². The van der Waals surface area contributed by atoms with Crippen molar-refractivity contribution in [1.82, 2.24) is 0 Å². The maximum Gasteiger partial charge on any atom is 0.341 e. The first-order valence-corrected chi connectivity index (χ1v) is 15.1. The van der Waals surface area contributed by atoms with Crippen molar-refractivity contribution in [1.29, 1.82) is 0 Å². The molecule has 2 aliphatic rings. The normalized spacial score (nSPS) is 23.1. The molecule has 0 atom stereocenters. The molecule has 0 amide bonds. The van der Waals surface area contributed by atoms with E-state index in [0.29, 0.717) is 49.3 Å². The van der Waals surface area contributed by atoms with E-state index in [9.17, 15) is 22.4 Å². The number of carbonyl (C=O) groups excluding carboxylic acids is 1. The lowest BCUT2D eigenvalue weighted by molar-refractivity contribution is 0.0188. The molecule has 40 heavy (non-hydrogen) atoms. The Bertz CT molecular complexity index is 1140. The van der Waals surface area contributed by atoms with Crippen LogP contribution in [0.1, 0.15) is 131 Å². The number of unbranched alkanes of at least 4 members (excludes halogenated alkanes) is 4. The summed E-state index contributed by atoms with van der Waals surface area (Å²) in [5.74, 6) is -4.61. The molecule has 0 aliphatic heterocycles. The average Bonchev–Trinajstić information content (AvgIpc) is 2.95. The van der Waals surface area contributed by atoms with Gasteiger partial charge in [-0.2, -0.15) is 4.39 Å². The molecule has 2 aromatic rings. The van der Waals surface area contributed by atoms with E-state index in [1.54, 1.807) is 6.07 Å². The minimum atomic E-state index is -1.16. The van der Waals surface area contributed by atoms with Crippen LogP contribution in [0.2, 0.25) is 0 Å². The SMILES string of the molecule is CCCCCCCOc1ccc(C2CCC(OC(=O)c3ccc(C4CCC(C)CC4)c(F)c3F)CC2)c(F)c1F. The van der Waals surface area contributed by atoms with E-state index >= 15 is 0 Å². The van der Waals surface area contributed by atoms with Crippen LogP contribution in [0.15, 0.2) is 24.3 Å². The minimum Gasteiger partial charge on any atom is -0.490 e. The summed E-state index contributed by atoms with van der Waals surface area (Å²) in [6, 6.07) is 5.91. The molecule has 0 aromatic heterocycles. The Morgan fingerprint density at radius 3 is 1.95 bits per heavy atom. The van der Waals surface area contributed by atoms with Gasteiger partial charge in [-0.05, 0) is 86.0 Å². The third-order valence-electron chi connectivity index (χ3n) is 8.76. The van der Waals surface area contributed by atoms with Crippen LogP contribution in [-0.4, -0.2) is 18.7 Å². The molecule has 220 valence electrons. The van der Waals surface area contributed by atoms with Crippen molar-refractivity contribution in [2.45, 2.75) is 115 Å². The Balaban J connectivity index is 1.29. The van der Waals surface area contributed by atoms with Crippen molar-refractivity contribution in [2.75, 3.05) is 6.61 Å². The Kier molecular flexibility index (Phi) is 10.9. The molecule has 4 rings (SSSR count). The summed E-state index contributed by atoms with van der Waals surface area (Å²) in [6.07, 6.45) is 10.1. The maximum absolute atomic E-state index is 14.9. The van der Waals surface area contributed by atoms with Crippen LogP contribution >= 0.6 is 0 Å². The second-order valence-electron chi connectivity index (χ2n) is 11.7. The molecule has 0 bridgehead atoms. The van der Waals surface area contributed by atoms with Gasteiger partial charge in [0.2, 0.25) is 5.82 Å². The van der Waals surface area contributed by atoms with Gasteiger partial charge in [-0.1, -0.05) is 64.5 Å². The quantitative estimate of drug-likeness (QED) is 0.155. The van der Waals surface area contributed by atoms with Gasteiger partial charge in [0.25, 0.3) is 0 Å². The van der Waals surface area contributed by atoms with Gasteiger partial charge in [0, 0.05) is 0 Å². The summed E-state index contributed by atoms with van der Waals surface area (Å²) in [5.41, 5.74) is 0.221. The van der Waals surface area contributed by atoms with Crippen molar-refractivity contribution in [2.24, 2.45) is 5.92 Å². The third-order valence-corrected chi connectivity index (χ3v) is 8.76. The summed E-state index contributed by atoms with van der Waals surface area (Å²) in [6.45, 7) is 4.65. The Morgan fingerprint density at radius 1 is 0.725 bits per heavy atom. The predicted molar refractivity (Wildman–Crippen MR) is 148 cm³/mol. The fourth-order valence-electron chi connectivity index (χ4n) is 6.18. The molecular weight excluding hydrogens is 520 g/mol. The lowest BCUT2D eigenvalue weighted by atomic mass is 9.79. The number of rotatable bonds is 11. The third kappa shape index (κ3) is 7.38. The Labute approximate surface area is 235 Å². The van der Waals surface area contributed by atoms with E-state index < -0.39 is 40.9 Å². The van der Waals surface area contributed by atoms with E-state index in [4.69, 9.17) is 9.47 Å². The zero-order chi connectivity index (χ0) is 28.6. The molecule has 2 saturated carbocycles. The van der Waals surface area contributed by atoms with Crippen molar-refractivity contribution in [3.8, 4) is 5.75 Å². The molecule has 2 aromatic carbocycles. The fraction of sp³-hybridized carbons (Fsp3) is 0.606. The highest BCUT2D eigenvalue weighted by molar-refractivity contribution is 5.90. The summed E-state index contributed by atoms with van der Waals surface area (Å²) >= 11 is 0. The number of esters is 1. The van der Waals surface area contributed by atoms with Crippen molar-refractivity contribution < 1.29 is 31.8 Å². The first-order valence-electron chi connectivity index (χ1n) is 15.1. The van der Waals surface area contributed by atoms with Gasteiger partial charge >= 0.3 is 5.97 Å². The molecular formula is C33H42F4O3. The largest absolute Gasteiger partial charge is 0.490 e. The molecule has 0 heterocycles. The van der Waals surface area contributed by atoms with E-state index in [-0.39, 0.29) is 17.6 Å². The molecule has 0 radical (unpaired) electrons. The monoisotopic (exact) mass is 562 g/mol. The number of ether oxygens (including phenoxy) is 2. The van der Waals surface area contributed by atoms with E-state index in [1.807, 2.05) is 0 Å². The predicted octanol–water partition coefficient (Wildman–Crippen LogP) is 9.77. The van der Waals surface area contributed by atoms with E-state index in [1.165, 1.54) is 18.2 Å². The molecule has 2 aliphatic carbocycles. The van der Waals surface area contributed by atoms with E-state index in [0.717, 1.165) is 57.8 Å². The highest BCUT2D eigenvalue weighted by Gasteiger charge is 2.31. The summed E-state index contributed by atoms with van der Waals surface area (Å²) in [7, 11) is 0. The van der Waals surface area contributed by atoms with Gasteiger partial charge in [-0.3, -0.25) is 0 Å². The lowest BCUT2D eigenvalue weighted by Gasteiger charge is -2.29. The van der Waals surface area contributed by atoms with Gasteiger partial charge < -0.3 is 9.47 Å². The summed E-state index contributed by atoms with van der Waals surface area (Å²) in [4.78, 5) is 12.7. The number of hydrogen-bond acceptors (Lipinski definition) is 3. The average molecular weight is 563 g/mol. The van der Waals surface area contributed by atoms with Crippen molar-refractivity contribution in [3.63, 3.8) is 0 Å². The van der Waals surface area contributed by atoms with Crippen molar-refractivity contribution in [3.05, 3.63) is 64.2 Å². The summed E-state index contributed by atoms with van der Waals surface area (Å²) in [5, 5.41) is 0. The first kappa shape index (κ1) is 30.4. The Hall–Kier alpha value is -2.57. The molecule has 0 unspecified atom stereocenters. The van der Waals surface area contributed by atoms with Gasteiger partial charge in [-0.15, -0.1) is 0 Å². The highest BCUT2D eigenvalue weighted by Crippen LogP contribution is 2.39. The molecule has 2 fully saturated rings. The molecule has 7 heteroatoms. The lowest BCUT2D eigenvalue weighted by Crippen LogP contribution is -2.25. The molecule has 0 spiro atoms. The standard InChI is InChI=1S/C33H42F4O3/c1-3-4-5-6-7-20-39-28-19-18-26(30(35)32(28)37)23-12-14-24(15-13-23)40-33(38)27-17-16-25(29(34)31(27)36)22-10-8-21(2)9-11-22/h16-19,21-24H,3-15,20H2,1-2H3. The zero-order valence-electron chi connectivity index (χ0n) is 23.8. The van der Waals surface area contributed by atoms with Crippen LogP contribution in [0.5, 0.6) is 5.75 Å². The van der Waals surface area contributed by atoms with E-state index in [2.05, 4.69) is 13.8 Å². The minimum absolute atomic E-state index is 0.0348. The van der Waals surface area contributed by atoms with Crippen molar-refractivity contribution >= 4 is 5.97 Å². The molecule has 0 saturated heterocycles. The van der Waals surface area contributed by atoms with Crippen LogP contribution in [-0.2, 0) is 4.74 Å². The summed E-state index contributed by atoms with van der Waals surface area (Å²) < 4.78 is 70.4. The van der Waals surface area contributed by atoms with Crippen LogP contribution in [0.25, 0.3) is 0 Å². The first-order chi connectivity index (χ1) is 19.3. The number of carbonyl (C=O) groups is 1. The van der Waals surface area contributed by atoms with Gasteiger partial charge in [-0.25, -0.2) is 18.0 Å². The van der Waals surface area contributed by atoms with Crippen LogP contribution < -0.4 is 4.74 Å². The van der Waals surface area contributed by atoms with Gasteiger partial charge in [0.15, 0.2) is 23.2 Å². The topological polar surface area (TPSA) is 35.5 Å². The second-order valence-corrected chi connectivity index (χ2v) is 11.7. The Morgan fingerprint density at radius 2 is 1.30 bits per heavy atom. The van der Waals surface area contributed by atoms with Crippen LogP contribution in [0.4, 0.5) is 17.6 Å². The number of halogens is 4. The highest BCUT2D eigenvalue weighted by atomic mass is 19.2. The second kappa shape index (κ2) is 14.4. The molecule has 3 nitrogen and oxygen atoms in total.